The van der Waals surface area contributed by atoms with Crippen molar-refractivity contribution in [3.8, 4) is 0 Å². The molecular weight excluding hydrogens is 379 g/mol. The fourth-order valence-electron chi connectivity index (χ4n) is 3.70. The molecule has 1 heterocycles. The highest BCUT2D eigenvalue weighted by Gasteiger charge is 2.20. The number of benzene rings is 3. The summed E-state index contributed by atoms with van der Waals surface area (Å²) in [6.07, 6.45) is 1.14. The van der Waals surface area contributed by atoms with Gasteiger partial charge in [-0.15, -0.1) is 0 Å². The molecule has 0 bridgehead atoms. The molecule has 0 aliphatic rings. The van der Waals surface area contributed by atoms with Crippen molar-refractivity contribution >= 4 is 37.6 Å². The van der Waals surface area contributed by atoms with Crippen LogP contribution in [-0.4, -0.2) is 25.1 Å². The number of hydrogen-bond acceptors (Lipinski definition) is 3. The number of amides is 1. The van der Waals surface area contributed by atoms with Gasteiger partial charge in [-0.1, -0.05) is 36.4 Å². The SMILES string of the molecule is CS(=O)(=O)c1ccccc1Cn1c2cccc(C(N)=O)c2c2cccc(F)c21. The Morgan fingerprint density at radius 2 is 1.75 bits per heavy atom. The smallest absolute Gasteiger partial charge is 0.249 e. The van der Waals surface area contributed by atoms with Gasteiger partial charge in [-0.3, -0.25) is 4.79 Å². The first kappa shape index (κ1) is 18.2. The third-order valence-corrected chi connectivity index (χ3v) is 6.02. The number of halogens is 1. The average Bonchev–Trinajstić information content (AvgIpc) is 2.96. The number of carbonyl (C=O) groups is 1. The number of nitrogens with two attached hydrogens (primary N) is 1. The van der Waals surface area contributed by atoms with E-state index in [1.54, 1.807) is 53.1 Å². The number of hydrogen-bond donors (Lipinski definition) is 1. The summed E-state index contributed by atoms with van der Waals surface area (Å²) < 4.78 is 40.8. The summed E-state index contributed by atoms with van der Waals surface area (Å²) in [7, 11) is -3.46. The Morgan fingerprint density at radius 1 is 1.04 bits per heavy atom. The lowest BCUT2D eigenvalue weighted by Crippen LogP contribution is -2.11. The second kappa shape index (κ2) is 6.45. The van der Waals surface area contributed by atoms with Crippen LogP contribution in [-0.2, 0) is 16.4 Å². The number of primary amides is 1. The molecule has 3 aromatic carbocycles. The molecule has 5 nitrogen and oxygen atoms in total. The summed E-state index contributed by atoms with van der Waals surface area (Å²) in [6.45, 7) is 0.131. The molecule has 0 spiro atoms. The van der Waals surface area contributed by atoms with E-state index < -0.39 is 21.6 Å². The lowest BCUT2D eigenvalue weighted by atomic mass is 10.1. The van der Waals surface area contributed by atoms with E-state index in [0.717, 1.165) is 6.26 Å². The van der Waals surface area contributed by atoms with Crippen LogP contribution in [0.1, 0.15) is 15.9 Å². The average molecular weight is 396 g/mol. The molecule has 0 saturated carbocycles. The number of fused-ring (bicyclic) bond motifs is 3. The molecule has 0 radical (unpaired) electrons. The van der Waals surface area contributed by atoms with Gasteiger partial charge in [-0.2, -0.15) is 0 Å². The maximum Gasteiger partial charge on any atom is 0.249 e. The maximum absolute atomic E-state index is 14.8. The minimum atomic E-state index is -3.46. The molecule has 0 saturated heterocycles. The highest BCUT2D eigenvalue weighted by molar-refractivity contribution is 7.90. The van der Waals surface area contributed by atoms with E-state index in [4.69, 9.17) is 5.73 Å². The Hall–Kier alpha value is -3.19. The molecule has 0 fully saturated rings. The quantitative estimate of drug-likeness (QED) is 0.573. The van der Waals surface area contributed by atoms with E-state index in [1.807, 2.05) is 0 Å². The van der Waals surface area contributed by atoms with Crippen LogP contribution < -0.4 is 5.73 Å². The van der Waals surface area contributed by atoms with E-state index >= 15 is 0 Å². The topological polar surface area (TPSA) is 82.2 Å². The molecule has 1 aromatic heterocycles. The summed E-state index contributed by atoms with van der Waals surface area (Å²) in [5.74, 6) is -1.06. The summed E-state index contributed by atoms with van der Waals surface area (Å²) in [5.41, 5.74) is 7.28. The highest BCUT2D eigenvalue weighted by Crippen LogP contribution is 2.34. The van der Waals surface area contributed by atoms with Gasteiger partial charge in [0.2, 0.25) is 5.91 Å². The molecular formula is C21H17FN2O3S. The van der Waals surface area contributed by atoms with Crippen LogP contribution in [0.25, 0.3) is 21.8 Å². The number of para-hydroxylation sites is 1. The summed E-state index contributed by atoms with van der Waals surface area (Å²) in [5, 5.41) is 1.11. The maximum atomic E-state index is 14.8. The summed E-state index contributed by atoms with van der Waals surface area (Å²) >= 11 is 0. The number of sulfone groups is 1. The van der Waals surface area contributed by atoms with Gasteiger partial charge in [0.25, 0.3) is 0 Å². The molecule has 7 heteroatoms. The third-order valence-electron chi connectivity index (χ3n) is 4.83. The van der Waals surface area contributed by atoms with Crippen LogP contribution in [0.5, 0.6) is 0 Å². The monoisotopic (exact) mass is 396 g/mol. The fraction of sp³-hybridized carbons (Fsp3) is 0.0952. The van der Waals surface area contributed by atoms with E-state index in [0.29, 0.717) is 32.9 Å². The molecule has 0 atom stereocenters. The first-order chi connectivity index (χ1) is 13.3. The van der Waals surface area contributed by atoms with Gasteiger partial charge in [0.15, 0.2) is 9.84 Å². The highest BCUT2D eigenvalue weighted by atomic mass is 32.2. The minimum absolute atomic E-state index is 0.131. The van der Waals surface area contributed by atoms with Crippen molar-refractivity contribution in [3.63, 3.8) is 0 Å². The molecule has 4 rings (SSSR count). The van der Waals surface area contributed by atoms with Gasteiger partial charge < -0.3 is 10.3 Å². The van der Waals surface area contributed by atoms with Crippen LogP contribution >= 0.6 is 0 Å². The van der Waals surface area contributed by atoms with Crippen molar-refractivity contribution in [3.05, 3.63) is 77.6 Å². The van der Waals surface area contributed by atoms with Gasteiger partial charge in [-0.25, -0.2) is 12.8 Å². The van der Waals surface area contributed by atoms with Gasteiger partial charge >= 0.3 is 0 Å². The zero-order valence-electron chi connectivity index (χ0n) is 15.0. The van der Waals surface area contributed by atoms with Crippen molar-refractivity contribution < 1.29 is 17.6 Å². The van der Waals surface area contributed by atoms with Crippen molar-refractivity contribution in [2.24, 2.45) is 5.73 Å². The van der Waals surface area contributed by atoms with E-state index in [2.05, 4.69) is 0 Å². The Labute approximate surface area is 161 Å². The Morgan fingerprint density at radius 3 is 2.46 bits per heavy atom. The predicted octanol–water partition coefficient (Wildman–Crippen LogP) is 3.48. The van der Waals surface area contributed by atoms with Crippen LogP contribution in [0.15, 0.2) is 65.6 Å². The first-order valence-corrected chi connectivity index (χ1v) is 10.5. The van der Waals surface area contributed by atoms with Crippen molar-refractivity contribution in [2.45, 2.75) is 11.4 Å². The molecule has 28 heavy (non-hydrogen) atoms. The van der Waals surface area contributed by atoms with Crippen LogP contribution in [0.4, 0.5) is 4.39 Å². The lowest BCUT2D eigenvalue weighted by molar-refractivity contribution is 0.100. The number of aromatic nitrogens is 1. The van der Waals surface area contributed by atoms with E-state index in [-0.39, 0.29) is 11.4 Å². The second-order valence-corrected chi connectivity index (χ2v) is 8.65. The zero-order valence-corrected chi connectivity index (χ0v) is 15.8. The van der Waals surface area contributed by atoms with E-state index in [1.165, 1.54) is 12.1 Å². The zero-order chi connectivity index (χ0) is 20.1. The third kappa shape index (κ3) is 2.84. The van der Waals surface area contributed by atoms with Gasteiger partial charge in [0.05, 0.1) is 15.9 Å². The Balaban J connectivity index is 2.08. The minimum Gasteiger partial charge on any atom is -0.366 e. The predicted molar refractivity (Wildman–Crippen MR) is 107 cm³/mol. The number of carbonyl (C=O) groups excluding carboxylic acids is 1. The largest absolute Gasteiger partial charge is 0.366 e. The Kier molecular flexibility index (Phi) is 4.19. The van der Waals surface area contributed by atoms with Crippen molar-refractivity contribution in [2.75, 3.05) is 6.26 Å². The Bertz CT molecular complexity index is 1360. The van der Waals surface area contributed by atoms with Crippen LogP contribution in [0.2, 0.25) is 0 Å². The summed E-state index contributed by atoms with van der Waals surface area (Å²) in [4.78, 5) is 12.1. The van der Waals surface area contributed by atoms with Crippen LogP contribution in [0.3, 0.4) is 0 Å². The molecule has 1 amide bonds. The lowest BCUT2D eigenvalue weighted by Gasteiger charge is -2.12. The standard InChI is InChI=1S/C21H17FN2O3S/c1-28(26,27)18-11-3-2-6-13(18)12-24-17-10-5-8-15(21(23)25)19(17)14-7-4-9-16(22)20(14)24/h2-11H,12H2,1H3,(H2,23,25). The normalized spacial score (nSPS) is 11.9. The molecule has 0 aliphatic heterocycles. The molecule has 142 valence electrons. The van der Waals surface area contributed by atoms with Crippen molar-refractivity contribution in [1.29, 1.82) is 0 Å². The molecule has 0 aliphatic carbocycles. The van der Waals surface area contributed by atoms with E-state index in [9.17, 15) is 17.6 Å². The number of rotatable bonds is 4. The van der Waals surface area contributed by atoms with Gasteiger partial charge in [-0.05, 0) is 29.8 Å². The number of nitrogens with zero attached hydrogens (tertiary/aromatic N) is 1. The first-order valence-electron chi connectivity index (χ1n) is 8.56. The summed E-state index contributed by atoms with van der Waals surface area (Å²) in [6, 6.07) is 16.3. The van der Waals surface area contributed by atoms with Gasteiger partial charge in [0.1, 0.15) is 5.82 Å². The van der Waals surface area contributed by atoms with Crippen molar-refractivity contribution in [1.82, 2.24) is 4.57 Å². The second-order valence-electron chi connectivity index (χ2n) is 6.67. The van der Waals surface area contributed by atoms with Crippen LogP contribution in [0, 0.1) is 5.82 Å². The fourth-order valence-corrected chi connectivity index (χ4v) is 4.63. The molecule has 0 unspecified atom stereocenters. The molecule has 2 N–H and O–H groups in total. The van der Waals surface area contributed by atoms with Gasteiger partial charge in [0, 0.05) is 29.1 Å². The molecule has 4 aromatic rings.